The standard InChI is InChI=1S/C41H60N6O7/c1-28(2)23-34(37(49)44-33(17-11-12-18-42)39(51)46-19-21-53-22-20-46)45-38(50)35(24-29-13-7-6-8-14-29)43-36(48)27-47(40(52)54-41(3,4)5)32-25-30-15-9-10-16-31(30)26-32/h6-10,13-16,28,32-35H,11-12,17-27,42H2,1-5H3,(H,43,48)(H,44,49)(H,45,50)/t33-,34-,35-/m1/s1. The highest BCUT2D eigenvalue weighted by Gasteiger charge is 2.36. The van der Waals surface area contributed by atoms with Gasteiger partial charge in [0.2, 0.25) is 23.6 Å². The summed E-state index contributed by atoms with van der Waals surface area (Å²) >= 11 is 0. The number of carbonyl (C=O) groups excluding carboxylic acids is 5. The number of morpholine rings is 1. The Balaban J connectivity index is 1.53. The molecular formula is C41H60N6O7. The smallest absolute Gasteiger partial charge is 0.411 e. The van der Waals surface area contributed by atoms with Crippen LogP contribution in [-0.4, -0.2) is 109 Å². The van der Waals surface area contributed by atoms with Crippen LogP contribution in [0.3, 0.4) is 0 Å². The van der Waals surface area contributed by atoms with Crippen LogP contribution in [0.1, 0.15) is 77.0 Å². The van der Waals surface area contributed by atoms with Gasteiger partial charge in [-0.1, -0.05) is 68.4 Å². The van der Waals surface area contributed by atoms with Crippen LogP contribution in [-0.2, 0) is 47.9 Å². The molecule has 4 rings (SSSR count). The van der Waals surface area contributed by atoms with Gasteiger partial charge in [-0.25, -0.2) is 4.79 Å². The molecule has 1 aliphatic heterocycles. The number of benzene rings is 2. The van der Waals surface area contributed by atoms with E-state index in [2.05, 4.69) is 16.0 Å². The maximum Gasteiger partial charge on any atom is 0.411 e. The number of fused-ring (bicyclic) bond motifs is 1. The minimum atomic E-state index is -1.07. The van der Waals surface area contributed by atoms with E-state index >= 15 is 0 Å². The lowest BCUT2D eigenvalue weighted by Crippen LogP contribution is -2.59. The van der Waals surface area contributed by atoms with Gasteiger partial charge in [0.1, 0.15) is 30.3 Å². The normalized spacial score (nSPS) is 16.2. The molecule has 0 radical (unpaired) electrons. The van der Waals surface area contributed by atoms with Gasteiger partial charge in [-0.05, 0) is 88.4 Å². The van der Waals surface area contributed by atoms with Crippen molar-refractivity contribution in [3.8, 4) is 0 Å². The molecule has 1 fully saturated rings. The molecule has 2 aromatic rings. The molecule has 1 heterocycles. The predicted octanol–water partition coefficient (Wildman–Crippen LogP) is 3.12. The number of hydrogen-bond donors (Lipinski definition) is 4. The molecule has 2 aliphatic rings. The van der Waals surface area contributed by atoms with E-state index in [1.54, 1.807) is 25.7 Å². The summed E-state index contributed by atoms with van der Waals surface area (Å²) in [6.45, 7) is 11.1. The third-order valence-corrected chi connectivity index (χ3v) is 9.57. The molecular weight excluding hydrogens is 688 g/mol. The summed E-state index contributed by atoms with van der Waals surface area (Å²) in [4.78, 5) is 72.2. The lowest BCUT2D eigenvalue weighted by Gasteiger charge is -2.32. The van der Waals surface area contributed by atoms with Crippen LogP contribution in [0, 0.1) is 5.92 Å². The number of nitrogens with zero attached hydrogens (tertiary/aromatic N) is 2. The van der Waals surface area contributed by atoms with Crippen LogP contribution in [0.15, 0.2) is 54.6 Å². The van der Waals surface area contributed by atoms with Gasteiger partial charge in [0, 0.05) is 25.6 Å². The fourth-order valence-corrected chi connectivity index (χ4v) is 6.87. The van der Waals surface area contributed by atoms with Crippen molar-refractivity contribution in [3.05, 3.63) is 71.3 Å². The summed E-state index contributed by atoms with van der Waals surface area (Å²) in [6.07, 6.45) is 2.75. The van der Waals surface area contributed by atoms with Gasteiger partial charge in [0.05, 0.1) is 13.2 Å². The largest absolute Gasteiger partial charge is 0.444 e. The van der Waals surface area contributed by atoms with Crippen LogP contribution in [0.25, 0.3) is 0 Å². The van der Waals surface area contributed by atoms with E-state index in [0.29, 0.717) is 71.4 Å². The maximum atomic E-state index is 14.2. The molecule has 0 bridgehead atoms. The Morgan fingerprint density at radius 3 is 2.04 bits per heavy atom. The average molecular weight is 749 g/mol. The second-order valence-corrected chi connectivity index (χ2v) is 15.7. The third-order valence-electron chi connectivity index (χ3n) is 9.57. The number of hydrogen-bond acceptors (Lipinski definition) is 8. The molecule has 13 nitrogen and oxygen atoms in total. The first-order chi connectivity index (χ1) is 25.7. The zero-order chi connectivity index (χ0) is 39.3. The zero-order valence-electron chi connectivity index (χ0n) is 32.6. The lowest BCUT2D eigenvalue weighted by molar-refractivity contribution is -0.141. The summed E-state index contributed by atoms with van der Waals surface area (Å²) in [5.74, 6) is -1.73. The van der Waals surface area contributed by atoms with E-state index in [-0.39, 0.29) is 30.8 Å². The van der Waals surface area contributed by atoms with E-state index in [0.717, 1.165) is 16.7 Å². The van der Waals surface area contributed by atoms with Crippen molar-refractivity contribution in [2.75, 3.05) is 39.4 Å². The molecule has 0 unspecified atom stereocenters. The molecule has 296 valence electrons. The summed E-state index contributed by atoms with van der Waals surface area (Å²) < 4.78 is 11.2. The van der Waals surface area contributed by atoms with Crippen LogP contribution in [0.5, 0.6) is 0 Å². The third kappa shape index (κ3) is 13.1. The molecule has 54 heavy (non-hydrogen) atoms. The topological polar surface area (TPSA) is 172 Å². The number of rotatable bonds is 17. The van der Waals surface area contributed by atoms with Crippen molar-refractivity contribution in [1.29, 1.82) is 0 Å². The van der Waals surface area contributed by atoms with Gasteiger partial charge in [-0.3, -0.25) is 24.1 Å². The summed E-state index contributed by atoms with van der Waals surface area (Å²) in [5.41, 5.74) is 7.96. The van der Waals surface area contributed by atoms with Crippen molar-refractivity contribution in [2.45, 2.75) is 109 Å². The molecule has 3 atom stereocenters. The zero-order valence-corrected chi connectivity index (χ0v) is 32.6. The molecule has 0 spiro atoms. The van der Waals surface area contributed by atoms with Crippen LogP contribution < -0.4 is 21.7 Å². The highest BCUT2D eigenvalue weighted by molar-refractivity contribution is 5.95. The van der Waals surface area contributed by atoms with Gasteiger partial charge < -0.3 is 36.1 Å². The molecule has 0 aromatic heterocycles. The minimum absolute atomic E-state index is 0.0202. The number of ether oxygens (including phenoxy) is 2. The SMILES string of the molecule is CC(C)C[C@@H](NC(=O)[C@@H](Cc1ccccc1)NC(=O)CN(C(=O)OC(C)(C)C)C1Cc2ccccc2C1)C(=O)N[C@H](CCCCN)C(=O)N1CCOCC1. The number of unbranched alkanes of at least 4 members (excludes halogenated alkanes) is 1. The van der Waals surface area contributed by atoms with Gasteiger partial charge in [-0.2, -0.15) is 0 Å². The van der Waals surface area contributed by atoms with Crippen LogP contribution >= 0.6 is 0 Å². The Morgan fingerprint density at radius 2 is 1.44 bits per heavy atom. The summed E-state index contributed by atoms with van der Waals surface area (Å²) in [7, 11) is 0. The van der Waals surface area contributed by atoms with E-state index in [9.17, 15) is 24.0 Å². The first-order valence-electron chi connectivity index (χ1n) is 19.3. The number of carbonyl (C=O) groups is 5. The van der Waals surface area contributed by atoms with Crippen LogP contribution in [0.4, 0.5) is 4.79 Å². The molecule has 1 aliphatic carbocycles. The Bertz CT molecular complexity index is 1530. The first-order valence-corrected chi connectivity index (χ1v) is 19.3. The van der Waals surface area contributed by atoms with Gasteiger partial charge in [-0.15, -0.1) is 0 Å². The molecule has 5 N–H and O–H groups in total. The number of amides is 5. The molecule has 1 saturated heterocycles. The molecule has 2 aromatic carbocycles. The Labute approximate surface area is 320 Å². The van der Waals surface area contributed by atoms with Gasteiger partial charge in [0.25, 0.3) is 0 Å². The van der Waals surface area contributed by atoms with E-state index < -0.39 is 47.5 Å². The summed E-state index contributed by atoms with van der Waals surface area (Å²) in [6, 6.07) is 14.1. The lowest BCUT2D eigenvalue weighted by atomic mass is 10.00. The minimum Gasteiger partial charge on any atom is -0.444 e. The maximum absolute atomic E-state index is 14.2. The van der Waals surface area contributed by atoms with E-state index in [4.69, 9.17) is 15.2 Å². The van der Waals surface area contributed by atoms with Crippen molar-refractivity contribution < 1.29 is 33.4 Å². The van der Waals surface area contributed by atoms with Crippen LogP contribution in [0.2, 0.25) is 0 Å². The molecule has 13 heteroatoms. The average Bonchev–Trinajstić information content (AvgIpc) is 3.56. The van der Waals surface area contributed by atoms with Gasteiger partial charge in [0.15, 0.2) is 0 Å². The fraction of sp³-hybridized carbons (Fsp3) is 0.585. The highest BCUT2D eigenvalue weighted by Crippen LogP contribution is 2.27. The molecule has 0 saturated carbocycles. The Morgan fingerprint density at radius 1 is 0.852 bits per heavy atom. The first kappa shape index (κ1) is 42.3. The van der Waals surface area contributed by atoms with Gasteiger partial charge >= 0.3 is 6.09 Å². The quantitative estimate of drug-likeness (QED) is 0.179. The second kappa shape index (κ2) is 20.3. The second-order valence-electron chi connectivity index (χ2n) is 15.7. The van der Waals surface area contributed by atoms with Crippen molar-refractivity contribution in [2.24, 2.45) is 11.7 Å². The highest BCUT2D eigenvalue weighted by atomic mass is 16.6. The fourth-order valence-electron chi connectivity index (χ4n) is 6.87. The Hall–Kier alpha value is -4.49. The van der Waals surface area contributed by atoms with E-state index in [1.165, 1.54) is 4.90 Å². The number of nitrogens with one attached hydrogen (secondary N) is 3. The van der Waals surface area contributed by atoms with E-state index in [1.807, 2.05) is 68.4 Å². The van der Waals surface area contributed by atoms with Crippen molar-refractivity contribution in [1.82, 2.24) is 25.8 Å². The van der Waals surface area contributed by atoms with Crippen molar-refractivity contribution >= 4 is 29.7 Å². The predicted molar refractivity (Wildman–Crippen MR) is 206 cm³/mol. The number of nitrogens with two attached hydrogens (primary N) is 1. The summed E-state index contributed by atoms with van der Waals surface area (Å²) in [5, 5.41) is 8.72. The Kier molecular flexibility index (Phi) is 15.9. The monoisotopic (exact) mass is 748 g/mol. The van der Waals surface area contributed by atoms with Crippen molar-refractivity contribution in [3.63, 3.8) is 0 Å². The molecule has 5 amide bonds.